The number of esters is 3. The SMILES string of the molecule is CC(=O)O.CC(=O)OCCCC#CC#Cc1ccccc1C(=O)C#C[Si](C)(C)C.CC(=O)OCCCc1c(OC(C)=O)cc2c(c1[Si](C)(C)C)C(=O)c1ccccc1-2. The van der Waals surface area contributed by atoms with E-state index in [1.807, 2.05) is 36.4 Å². The van der Waals surface area contributed by atoms with Crippen molar-refractivity contribution in [3.05, 3.63) is 82.4 Å². The van der Waals surface area contributed by atoms with Gasteiger partial charge in [-0.2, -0.15) is 0 Å². The van der Waals surface area contributed by atoms with Gasteiger partial charge in [0.15, 0.2) is 5.78 Å². The predicted octanol–water partition coefficient (Wildman–Crippen LogP) is 7.40. The van der Waals surface area contributed by atoms with E-state index in [0.29, 0.717) is 54.7 Å². The van der Waals surface area contributed by atoms with Crippen LogP contribution >= 0.6 is 0 Å². The van der Waals surface area contributed by atoms with Crippen LogP contribution in [0.15, 0.2) is 54.6 Å². The van der Waals surface area contributed by atoms with Crippen LogP contribution in [0.1, 0.15) is 84.4 Å². The van der Waals surface area contributed by atoms with E-state index < -0.39 is 28.1 Å². The van der Waals surface area contributed by atoms with Gasteiger partial charge in [0.05, 0.1) is 21.3 Å². The number of carbonyl (C=O) groups is 6. The standard InChI is InChI=1S/C23H26O5Si.C21H22O3Si.C2H4O2/c1-14(24)27-12-8-11-18-20(28-15(2)25)13-19-16-9-6-7-10-17(16)22(26)21(19)23(18)29(3,4)5;1-18(22)24-16-11-7-5-6-8-12-19-13-9-10-14-20(19)21(23)15-17-25(2,3)4;1-2(3)4/h6-7,9-10,13H,8,11-12H2,1-5H3;9-10,13-14H,7,11,16H2,1-4H3;1H3,(H,3,4). The number of rotatable bonds is 10. The number of hydrogen-bond acceptors (Lipinski definition) is 9. The molecule has 0 heterocycles. The van der Waals surface area contributed by atoms with Crippen LogP contribution in [-0.4, -0.2) is 69.9 Å². The summed E-state index contributed by atoms with van der Waals surface area (Å²) in [5.41, 5.74) is 8.25. The molecule has 0 amide bonds. The van der Waals surface area contributed by atoms with Crippen molar-refractivity contribution in [2.75, 3.05) is 13.2 Å². The van der Waals surface area contributed by atoms with Crippen LogP contribution in [0, 0.1) is 35.1 Å². The topological polar surface area (TPSA) is 150 Å². The van der Waals surface area contributed by atoms with Gasteiger partial charge in [-0.3, -0.25) is 28.8 Å². The lowest BCUT2D eigenvalue weighted by molar-refractivity contribution is -0.142. The fourth-order valence-electron chi connectivity index (χ4n) is 5.67. The zero-order valence-corrected chi connectivity index (χ0v) is 37.1. The van der Waals surface area contributed by atoms with Crippen LogP contribution in [0.3, 0.4) is 0 Å². The highest BCUT2D eigenvalue weighted by Gasteiger charge is 2.37. The van der Waals surface area contributed by atoms with Gasteiger partial charge in [-0.1, -0.05) is 87.5 Å². The van der Waals surface area contributed by atoms with E-state index in [1.165, 1.54) is 20.8 Å². The largest absolute Gasteiger partial charge is 0.481 e. The van der Waals surface area contributed by atoms with Crippen molar-refractivity contribution in [1.29, 1.82) is 0 Å². The Morgan fingerprint density at radius 3 is 1.86 bits per heavy atom. The normalized spacial score (nSPS) is 10.7. The summed E-state index contributed by atoms with van der Waals surface area (Å²) >= 11 is 0. The zero-order valence-electron chi connectivity index (χ0n) is 35.1. The third kappa shape index (κ3) is 16.2. The van der Waals surface area contributed by atoms with Crippen molar-refractivity contribution in [3.63, 3.8) is 0 Å². The number of aliphatic carboxylic acids is 1. The van der Waals surface area contributed by atoms with Crippen molar-refractivity contribution in [2.45, 2.75) is 92.7 Å². The molecule has 0 aromatic heterocycles. The average Bonchev–Trinajstić information content (AvgIpc) is 3.39. The lowest BCUT2D eigenvalue weighted by atomic mass is 9.99. The summed E-state index contributed by atoms with van der Waals surface area (Å²) in [4.78, 5) is 68.1. The molecule has 0 saturated carbocycles. The minimum absolute atomic E-state index is 0.0311. The number of Topliss-reactive ketones (excluding diaryl/α,β-unsaturated/α-hetero) is 1. The Morgan fingerprint density at radius 1 is 0.724 bits per heavy atom. The molecule has 0 unspecified atom stereocenters. The van der Waals surface area contributed by atoms with E-state index in [0.717, 1.165) is 34.4 Å². The number of hydrogen-bond donors (Lipinski definition) is 1. The number of ketones is 2. The first-order chi connectivity index (χ1) is 27.1. The van der Waals surface area contributed by atoms with E-state index in [4.69, 9.17) is 24.1 Å². The zero-order chi connectivity index (χ0) is 43.6. The highest BCUT2D eigenvalue weighted by atomic mass is 28.3. The first-order valence-corrected chi connectivity index (χ1v) is 25.8. The van der Waals surface area contributed by atoms with Gasteiger partial charge < -0.3 is 19.3 Å². The van der Waals surface area contributed by atoms with Crippen molar-refractivity contribution in [2.24, 2.45) is 0 Å². The molecule has 3 aromatic rings. The number of ether oxygens (including phenoxy) is 3. The molecule has 1 aliphatic carbocycles. The molecule has 10 nitrogen and oxygen atoms in total. The highest BCUT2D eigenvalue weighted by Crippen LogP contribution is 2.40. The van der Waals surface area contributed by atoms with Crippen molar-refractivity contribution < 1.29 is 48.1 Å². The summed E-state index contributed by atoms with van der Waals surface area (Å²) in [7, 11) is -3.60. The van der Waals surface area contributed by atoms with E-state index in [1.54, 1.807) is 18.2 Å². The number of benzene rings is 3. The first kappa shape index (κ1) is 48.1. The van der Waals surface area contributed by atoms with Gasteiger partial charge in [-0.25, -0.2) is 0 Å². The Kier molecular flexibility index (Phi) is 18.8. The lowest BCUT2D eigenvalue weighted by Crippen LogP contribution is -2.44. The minimum Gasteiger partial charge on any atom is -0.481 e. The number of carboxylic acid groups (broad SMARTS) is 1. The fraction of sp³-hybridized carbons (Fsp3) is 0.348. The highest BCUT2D eigenvalue weighted by molar-refractivity contribution is 6.90. The summed E-state index contributed by atoms with van der Waals surface area (Å²) in [6.07, 6.45) is 2.43. The quantitative estimate of drug-likeness (QED) is 0.0428. The molecule has 0 atom stereocenters. The maximum Gasteiger partial charge on any atom is 0.308 e. The van der Waals surface area contributed by atoms with Crippen molar-refractivity contribution in [1.82, 2.24) is 0 Å². The van der Waals surface area contributed by atoms with Gasteiger partial charge in [-0.15, -0.1) is 5.54 Å². The molecule has 58 heavy (non-hydrogen) atoms. The van der Waals surface area contributed by atoms with Gasteiger partial charge in [0.1, 0.15) is 13.8 Å². The number of unbranched alkanes of at least 4 members (excludes halogenated alkanes) is 1. The maximum absolute atomic E-state index is 13.3. The molecule has 1 aliphatic rings. The summed E-state index contributed by atoms with van der Waals surface area (Å²) in [5.74, 6) is 12.6. The second-order valence-electron chi connectivity index (χ2n) is 15.2. The molecule has 0 spiro atoms. The van der Waals surface area contributed by atoms with E-state index >= 15 is 0 Å². The van der Waals surface area contributed by atoms with Crippen LogP contribution in [-0.2, 0) is 35.1 Å². The fourth-order valence-corrected chi connectivity index (χ4v) is 8.31. The molecular weight excluding hydrogens is 769 g/mol. The van der Waals surface area contributed by atoms with E-state index in [9.17, 15) is 24.0 Å². The van der Waals surface area contributed by atoms with E-state index in [2.05, 4.69) is 74.4 Å². The summed E-state index contributed by atoms with van der Waals surface area (Å²) in [6, 6.07) is 16.5. The molecule has 0 saturated heterocycles. The number of carbonyl (C=O) groups excluding carboxylic acids is 5. The Hall–Kier alpha value is -6.01. The smallest absolute Gasteiger partial charge is 0.308 e. The Bertz CT molecular complexity index is 2220. The molecular formula is C46H52O10Si2. The molecule has 304 valence electrons. The third-order valence-corrected chi connectivity index (χ3v) is 10.7. The minimum atomic E-state index is -2.00. The molecule has 1 N–H and O–H groups in total. The Balaban J connectivity index is 0.000000370. The maximum atomic E-state index is 13.3. The molecule has 0 fully saturated rings. The van der Waals surface area contributed by atoms with Crippen LogP contribution in [0.25, 0.3) is 11.1 Å². The lowest BCUT2D eigenvalue weighted by Gasteiger charge is -2.26. The van der Waals surface area contributed by atoms with Crippen LogP contribution in [0.5, 0.6) is 5.75 Å². The summed E-state index contributed by atoms with van der Waals surface area (Å²) < 4.78 is 15.5. The van der Waals surface area contributed by atoms with Gasteiger partial charge in [0.2, 0.25) is 5.78 Å². The summed E-state index contributed by atoms with van der Waals surface area (Å²) in [5, 5.41) is 8.44. The average molecular weight is 821 g/mol. The van der Waals surface area contributed by atoms with Gasteiger partial charge in [-0.05, 0) is 77.1 Å². The predicted molar refractivity (Wildman–Crippen MR) is 230 cm³/mol. The van der Waals surface area contributed by atoms with Gasteiger partial charge in [0.25, 0.3) is 5.97 Å². The number of fused-ring (bicyclic) bond motifs is 3. The van der Waals surface area contributed by atoms with Crippen LogP contribution in [0.4, 0.5) is 0 Å². The Morgan fingerprint density at radius 2 is 1.29 bits per heavy atom. The molecule has 12 heteroatoms. The Labute approximate surface area is 344 Å². The van der Waals surface area contributed by atoms with E-state index in [-0.39, 0.29) is 30.1 Å². The van der Waals surface area contributed by atoms with Crippen LogP contribution in [0.2, 0.25) is 39.3 Å². The molecule has 0 bridgehead atoms. The van der Waals surface area contributed by atoms with Crippen molar-refractivity contribution in [3.8, 4) is 52.0 Å². The van der Waals surface area contributed by atoms with Gasteiger partial charge >= 0.3 is 17.9 Å². The van der Waals surface area contributed by atoms with Crippen molar-refractivity contribution >= 4 is 56.8 Å². The monoisotopic (exact) mass is 820 g/mol. The molecule has 0 aliphatic heterocycles. The van der Waals surface area contributed by atoms with Gasteiger partial charge in [0, 0.05) is 56.4 Å². The molecule has 4 rings (SSSR count). The number of carboxylic acids is 1. The van der Waals surface area contributed by atoms with Crippen LogP contribution < -0.4 is 9.92 Å². The summed E-state index contributed by atoms with van der Waals surface area (Å²) in [6.45, 7) is 18.7. The molecule has 3 aromatic carbocycles. The second-order valence-corrected chi connectivity index (χ2v) is 25.0. The third-order valence-electron chi connectivity index (χ3n) is 7.79. The second kappa shape index (κ2) is 22.7. The molecule has 0 radical (unpaired) electrons. The first-order valence-electron chi connectivity index (χ1n) is 18.8.